The number of methoxy groups -OCH3 is 1. The van der Waals surface area contributed by atoms with E-state index in [1.165, 1.54) is 0 Å². The maximum absolute atomic E-state index is 5.16. The number of aryl methyl sites for hydroxylation is 1. The summed E-state index contributed by atoms with van der Waals surface area (Å²) in [6, 6.07) is 0.426. The molecule has 1 atom stereocenters. The summed E-state index contributed by atoms with van der Waals surface area (Å²) in [5, 5.41) is 7.14. The Hall–Kier alpha value is -0.940. The van der Waals surface area contributed by atoms with Crippen LogP contribution in [0.15, 0.2) is 4.52 Å². The van der Waals surface area contributed by atoms with E-state index in [0.29, 0.717) is 24.3 Å². The van der Waals surface area contributed by atoms with Gasteiger partial charge < -0.3 is 14.6 Å². The van der Waals surface area contributed by atoms with E-state index >= 15 is 0 Å². The Kier molecular flexibility index (Phi) is 5.42. The van der Waals surface area contributed by atoms with Crippen LogP contribution in [-0.2, 0) is 17.7 Å². The summed E-state index contributed by atoms with van der Waals surface area (Å²) in [6.45, 7) is 6.85. The average Bonchev–Trinajstić information content (AvgIpc) is 2.71. The van der Waals surface area contributed by atoms with Crippen molar-refractivity contribution in [2.24, 2.45) is 0 Å². The Morgan fingerprint density at radius 3 is 2.75 bits per heavy atom. The number of nitrogens with one attached hydrogen (secondary N) is 1. The Morgan fingerprint density at radius 1 is 1.38 bits per heavy atom. The third-order valence-electron chi connectivity index (χ3n) is 2.35. The molecule has 0 fully saturated rings. The van der Waals surface area contributed by atoms with Crippen LogP contribution < -0.4 is 5.32 Å². The molecule has 1 heterocycles. The first-order valence-electron chi connectivity index (χ1n) is 5.69. The number of hydrogen-bond donors (Lipinski definition) is 1. The molecule has 0 aliphatic heterocycles. The second-order valence-electron chi connectivity index (χ2n) is 4.22. The second-order valence-corrected chi connectivity index (χ2v) is 4.22. The van der Waals surface area contributed by atoms with Crippen LogP contribution in [0.3, 0.4) is 0 Å². The zero-order valence-electron chi connectivity index (χ0n) is 10.5. The minimum Gasteiger partial charge on any atom is -0.382 e. The molecule has 0 amide bonds. The van der Waals surface area contributed by atoms with E-state index in [1.54, 1.807) is 7.11 Å². The van der Waals surface area contributed by atoms with Crippen molar-refractivity contribution in [3.05, 3.63) is 11.7 Å². The monoisotopic (exact) mass is 227 g/mol. The summed E-state index contributed by atoms with van der Waals surface area (Å²) in [5.41, 5.74) is 0. The van der Waals surface area contributed by atoms with Gasteiger partial charge in [0, 0.05) is 19.6 Å². The van der Waals surface area contributed by atoms with Crippen LogP contribution in [0, 0.1) is 0 Å². The van der Waals surface area contributed by atoms with Gasteiger partial charge in [-0.3, -0.25) is 0 Å². The highest BCUT2D eigenvalue weighted by molar-refractivity contribution is 4.86. The first-order chi connectivity index (χ1) is 7.61. The van der Waals surface area contributed by atoms with Crippen LogP contribution in [0.5, 0.6) is 0 Å². The fourth-order valence-corrected chi connectivity index (χ4v) is 1.20. The predicted molar refractivity (Wildman–Crippen MR) is 61.1 cm³/mol. The smallest absolute Gasteiger partial charge is 0.226 e. The van der Waals surface area contributed by atoms with Crippen LogP contribution in [0.1, 0.15) is 38.9 Å². The quantitative estimate of drug-likeness (QED) is 0.765. The second kappa shape index (κ2) is 6.60. The van der Waals surface area contributed by atoms with Crippen molar-refractivity contribution < 1.29 is 9.26 Å². The molecule has 5 nitrogen and oxygen atoms in total. The third kappa shape index (κ3) is 4.72. The standard InChI is InChI=1S/C11H21N3O2/c1-8(2)12-7-10-13-11(16-14-10)6-5-9(3)15-4/h8-9,12H,5-7H2,1-4H3. The van der Waals surface area contributed by atoms with Crippen LogP contribution in [0.2, 0.25) is 0 Å². The van der Waals surface area contributed by atoms with E-state index in [9.17, 15) is 0 Å². The van der Waals surface area contributed by atoms with Gasteiger partial charge in [0.2, 0.25) is 5.89 Å². The van der Waals surface area contributed by atoms with Crippen LogP contribution in [0.25, 0.3) is 0 Å². The Morgan fingerprint density at radius 2 is 2.12 bits per heavy atom. The number of rotatable bonds is 7. The van der Waals surface area contributed by atoms with Gasteiger partial charge in [-0.25, -0.2) is 0 Å². The molecule has 92 valence electrons. The topological polar surface area (TPSA) is 60.2 Å². The molecule has 16 heavy (non-hydrogen) atoms. The predicted octanol–water partition coefficient (Wildman–Crippen LogP) is 1.54. The zero-order valence-corrected chi connectivity index (χ0v) is 10.5. The molecular weight excluding hydrogens is 206 g/mol. The SMILES string of the molecule is COC(C)CCc1nc(CNC(C)C)no1. The van der Waals surface area contributed by atoms with Gasteiger partial charge in [0.25, 0.3) is 0 Å². The number of nitrogens with zero attached hydrogens (tertiary/aromatic N) is 2. The summed E-state index contributed by atoms with van der Waals surface area (Å²) >= 11 is 0. The Labute approximate surface area is 96.6 Å². The highest BCUT2D eigenvalue weighted by atomic mass is 16.5. The van der Waals surface area contributed by atoms with Gasteiger partial charge in [-0.15, -0.1) is 0 Å². The fourth-order valence-electron chi connectivity index (χ4n) is 1.20. The van der Waals surface area contributed by atoms with Gasteiger partial charge in [-0.05, 0) is 13.3 Å². The zero-order chi connectivity index (χ0) is 12.0. The normalized spacial score (nSPS) is 13.3. The fraction of sp³-hybridized carbons (Fsp3) is 0.818. The summed E-state index contributed by atoms with van der Waals surface area (Å²) in [4.78, 5) is 4.29. The molecule has 1 N–H and O–H groups in total. The van der Waals surface area contributed by atoms with E-state index in [4.69, 9.17) is 9.26 Å². The van der Waals surface area contributed by atoms with E-state index in [0.717, 1.165) is 12.8 Å². The van der Waals surface area contributed by atoms with Crippen LogP contribution in [0.4, 0.5) is 0 Å². The molecule has 0 bridgehead atoms. The van der Waals surface area contributed by atoms with Crippen molar-refractivity contribution in [3.8, 4) is 0 Å². The lowest BCUT2D eigenvalue weighted by Gasteiger charge is -2.05. The van der Waals surface area contributed by atoms with E-state index < -0.39 is 0 Å². The van der Waals surface area contributed by atoms with E-state index in [-0.39, 0.29) is 6.10 Å². The molecule has 1 rings (SSSR count). The summed E-state index contributed by atoms with van der Waals surface area (Å²) in [6.07, 6.45) is 1.89. The molecular formula is C11H21N3O2. The molecule has 1 aromatic rings. The minimum atomic E-state index is 0.226. The molecule has 0 spiro atoms. The summed E-state index contributed by atoms with van der Waals surface area (Å²) in [7, 11) is 1.70. The lowest BCUT2D eigenvalue weighted by Crippen LogP contribution is -2.22. The van der Waals surface area contributed by atoms with Crippen molar-refractivity contribution in [3.63, 3.8) is 0 Å². The van der Waals surface area contributed by atoms with Crippen molar-refractivity contribution in [2.45, 2.75) is 52.3 Å². The van der Waals surface area contributed by atoms with Crippen molar-refractivity contribution >= 4 is 0 Å². The maximum Gasteiger partial charge on any atom is 0.226 e. The molecule has 0 aromatic carbocycles. The molecule has 0 saturated heterocycles. The lowest BCUT2D eigenvalue weighted by molar-refractivity contribution is 0.109. The van der Waals surface area contributed by atoms with Crippen molar-refractivity contribution in [2.75, 3.05) is 7.11 Å². The van der Waals surface area contributed by atoms with Crippen LogP contribution in [-0.4, -0.2) is 29.4 Å². The molecule has 1 aromatic heterocycles. The van der Waals surface area contributed by atoms with Gasteiger partial charge in [0.15, 0.2) is 5.82 Å². The highest BCUT2D eigenvalue weighted by Gasteiger charge is 2.08. The number of hydrogen-bond acceptors (Lipinski definition) is 5. The molecule has 0 radical (unpaired) electrons. The minimum absolute atomic E-state index is 0.226. The third-order valence-corrected chi connectivity index (χ3v) is 2.35. The first-order valence-corrected chi connectivity index (χ1v) is 5.69. The largest absolute Gasteiger partial charge is 0.382 e. The van der Waals surface area contributed by atoms with Gasteiger partial charge >= 0.3 is 0 Å². The molecule has 0 aliphatic rings. The lowest BCUT2D eigenvalue weighted by atomic mass is 10.2. The highest BCUT2D eigenvalue weighted by Crippen LogP contribution is 2.05. The van der Waals surface area contributed by atoms with Gasteiger partial charge in [-0.2, -0.15) is 4.98 Å². The van der Waals surface area contributed by atoms with Crippen LogP contribution >= 0.6 is 0 Å². The molecule has 1 unspecified atom stereocenters. The van der Waals surface area contributed by atoms with Gasteiger partial charge in [0.05, 0.1) is 12.6 Å². The van der Waals surface area contributed by atoms with E-state index in [2.05, 4.69) is 29.3 Å². The first kappa shape index (κ1) is 13.1. The molecule has 0 saturated carbocycles. The Bertz CT molecular complexity index is 299. The Balaban J connectivity index is 2.33. The average molecular weight is 227 g/mol. The van der Waals surface area contributed by atoms with E-state index in [1.807, 2.05) is 6.92 Å². The summed E-state index contributed by atoms with van der Waals surface area (Å²) < 4.78 is 10.3. The number of ether oxygens (including phenoxy) is 1. The molecule has 5 heteroatoms. The number of aromatic nitrogens is 2. The van der Waals surface area contributed by atoms with Gasteiger partial charge in [-0.1, -0.05) is 19.0 Å². The molecule has 0 aliphatic carbocycles. The van der Waals surface area contributed by atoms with Gasteiger partial charge in [0.1, 0.15) is 0 Å². The summed E-state index contributed by atoms with van der Waals surface area (Å²) in [5.74, 6) is 1.40. The van der Waals surface area contributed by atoms with Crippen molar-refractivity contribution in [1.82, 2.24) is 15.5 Å². The van der Waals surface area contributed by atoms with Crippen molar-refractivity contribution in [1.29, 1.82) is 0 Å². The maximum atomic E-state index is 5.16.